The minimum atomic E-state index is -0.118. The minimum absolute atomic E-state index is 0.106. The molecule has 0 bridgehead atoms. The van der Waals surface area contributed by atoms with Gasteiger partial charge in [0.2, 0.25) is 0 Å². The number of halogens is 2. The van der Waals surface area contributed by atoms with Crippen LogP contribution in [0.2, 0.25) is 5.02 Å². The molecular weight excluding hydrogens is 368 g/mol. The van der Waals surface area contributed by atoms with Crippen molar-refractivity contribution < 1.29 is 14.3 Å². The Hall–Kier alpha value is -0.420. The summed E-state index contributed by atoms with van der Waals surface area (Å²) in [5, 5.41) is 0.617. The monoisotopic (exact) mass is 388 g/mol. The summed E-state index contributed by atoms with van der Waals surface area (Å²) in [6.07, 6.45) is 3.02. The molecule has 22 heavy (non-hydrogen) atoms. The molecule has 1 heterocycles. The number of rotatable bonds is 6. The predicted molar refractivity (Wildman–Crippen MR) is 91.4 cm³/mol. The van der Waals surface area contributed by atoms with E-state index in [4.69, 9.17) is 21.1 Å². The molecule has 0 aliphatic carbocycles. The Kier molecular flexibility index (Phi) is 6.45. The summed E-state index contributed by atoms with van der Waals surface area (Å²) < 4.78 is 12.1. The molecule has 0 N–H and O–H groups in total. The van der Waals surface area contributed by atoms with E-state index < -0.39 is 0 Å². The summed E-state index contributed by atoms with van der Waals surface area (Å²) in [5.41, 5.74) is 0.803. The Morgan fingerprint density at radius 3 is 2.64 bits per heavy atom. The molecule has 0 atom stereocenters. The average Bonchev–Trinajstić information content (AvgIpc) is 2.47. The normalized spacial score (nSPS) is 18.4. The lowest BCUT2D eigenvalue weighted by Crippen LogP contribution is -2.37. The number of unbranched alkanes of at least 4 members (excludes halogenated alkanes) is 1. The van der Waals surface area contributed by atoms with E-state index in [0.29, 0.717) is 17.0 Å². The number of hydrogen-bond donors (Lipinski definition) is 0. The minimum Gasteiger partial charge on any atom is -0.352 e. The maximum Gasteiger partial charge on any atom is 0.162 e. The standard InChI is InChI=1S/C17H22BrClO3/c1-17(2)10-21-16(22-11-17)6-4-3-5-15(20)12-7-8-14(19)13(18)9-12/h7-9,16H,3-6,10-11H2,1-2H3. The second-order valence-electron chi connectivity index (χ2n) is 6.51. The zero-order valence-electron chi connectivity index (χ0n) is 13.0. The second kappa shape index (κ2) is 7.91. The number of carbonyl (C=O) groups excluding carboxylic acids is 1. The van der Waals surface area contributed by atoms with Gasteiger partial charge in [0.1, 0.15) is 0 Å². The van der Waals surface area contributed by atoms with E-state index >= 15 is 0 Å². The van der Waals surface area contributed by atoms with Gasteiger partial charge >= 0.3 is 0 Å². The number of hydrogen-bond acceptors (Lipinski definition) is 3. The van der Waals surface area contributed by atoms with Gasteiger partial charge in [-0.1, -0.05) is 25.4 Å². The number of Topliss-reactive ketones (excluding diaryl/α,β-unsaturated/α-hetero) is 1. The fourth-order valence-electron chi connectivity index (χ4n) is 2.30. The first-order valence-electron chi connectivity index (χ1n) is 7.59. The average molecular weight is 390 g/mol. The van der Waals surface area contributed by atoms with Gasteiger partial charge in [-0.25, -0.2) is 0 Å². The van der Waals surface area contributed by atoms with Crippen molar-refractivity contribution in [2.75, 3.05) is 13.2 Å². The molecule has 0 unspecified atom stereocenters. The predicted octanol–water partition coefficient (Wildman–Crippen LogP) is 5.24. The van der Waals surface area contributed by atoms with Crippen molar-refractivity contribution >= 4 is 33.3 Å². The lowest BCUT2D eigenvalue weighted by atomic mass is 9.95. The maximum absolute atomic E-state index is 12.1. The molecule has 0 spiro atoms. The second-order valence-corrected chi connectivity index (χ2v) is 7.78. The summed E-state index contributed by atoms with van der Waals surface area (Å²) in [6, 6.07) is 5.29. The fourth-order valence-corrected chi connectivity index (χ4v) is 2.80. The summed E-state index contributed by atoms with van der Waals surface area (Å²) in [6.45, 7) is 5.73. The van der Waals surface area contributed by atoms with Crippen LogP contribution in [-0.4, -0.2) is 25.3 Å². The van der Waals surface area contributed by atoms with E-state index in [0.717, 1.165) is 36.9 Å². The number of ether oxygens (including phenoxy) is 2. The highest BCUT2D eigenvalue weighted by molar-refractivity contribution is 9.10. The topological polar surface area (TPSA) is 35.5 Å². The third-order valence-corrected chi connectivity index (χ3v) is 4.87. The van der Waals surface area contributed by atoms with E-state index in [9.17, 15) is 4.79 Å². The molecule has 0 saturated carbocycles. The van der Waals surface area contributed by atoms with Crippen LogP contribution >= 0.6 is 27.5 Å². The van der Waals surface area contributed by atoms with Crippen LogP contribution in [0.1, 0.15) is 49.9 Å². The van der Waals surface area contributed by atoms with Crippen LogP contribution in [0.5, 0.6) is 0 Å². The van der Waals surface area contributed by atoms with Gasteiger partial charge in [0, 0.05) is 21.9 Å². The van der Waals surface area contributed by atoms with Crippen LogP contribution in [0.3, 0.4) is 0 Å². The van der Waals surface area contributed by atoms with Crippen LogP contribution < -0.4 is 0 Å². The van der Waals surface area contributed by atoms with Crippen molar-refractivity contribution in [1.29, 1.82) is 0 Å². The molecule has 5 heteroatoms. The van der Waals surface area contributed by atoms with Crippen LogP contribution in [0.4, 0.5) is 0 Å². The Balaban J connectivity index is 1.68. The molecule has 122 valence electrons. The van der Waals surface area contributed by atoms with Crippen LogP contribution in [0.25, 0.3) is 0 Å². The van der Waals surface area contributed by atoms with Gasteiger partial charge in [0.15, 0.2) is 12.1 Å². The van der Waals surface area contributed by atoms with Crippen LogP contribution in [-0.2, 0) is 9.47 Å². The summed E-state index contributed by atoms with van der Waals surface area (Å²) in [7, 11) is 0. The van der Waals surface area contributed by atoms with Crippen molar-refractivity contribution in [2.24, 2.45) is 5.41 Å². The molecule has 1 aromatic rings. The highest BCUT2D eigenvalue weighted by Gasteiger charge is 2.27. The summed E-state index contributed by atoms with van der Waals surface area (Å²) in [4.78, 5) is 12.1. The Morgan fingerprint density at radius 2 is 2.00 bits per heavy atom. The largest absolute Gasteiger partial charge is 0.352 e. The zero-order valence-corrected chi connectivity index (χ0v) is 15.4. The molecule has 0 radical (unpaired) electrons. The van der Waals surface area contributed by atoms with Gasteiger partial charge in [0.25, 0.3) is 0 Å². The van der Waals surface area contributed by atoms with Gasteiger partial charge in [0.05, 0.1) is 18.2 Å². The lowest BCUT2D eigenvalue weighted by molar-refractivity contribution is -0.224. The van der Waals surface area contributed by atoms with Gasteiger partial charge in [-0.15, -0.1) is 0 Å². The quantitative estimate of drug-likeness (QED) is 0.493. The molecule has 2 rings (SSSR count). The first kappa shape index (κ1) is 17.9. The van der Waals surface area contributed by atoms with Crippen LogP contribution in [0, 0.1) is 5.41 Å². The molecule has 0 aromatic heterocycles. The maximum atomic E-state index is 12.1. The van der Waals surface area contributed by atoms with Gasteiger partial charge in [-0.05, 0) is 53.4 Å². The smallest absolute Gasteiger partial charge is 0.162 e. The van der Waals surface area contributed by atoms with Crippen LogP contribution in [0.15, 0.2) is 22.7 Å². The molecule has 3 nitrogen and oxygen atoms in total. The SMILES string of the molecule is CC1(C)COC(CCCCC(=O)c2ccc(Cl)c(Br)c2)OC1. The molecule has 0 amide bonds. The summed E-state index contributed by atoms with van der Waals surface area (Å²) in [5.74, 6) is 0.143. The van der Waals surface area contributed by atoms with E-state index in [1.54, 1.807) is 18.2 Å². The molecule has 1 fully saturated rings. The first-order chi connectivity index (χ1) is 10.4. The highest BCUT2D eigenvalue weighted by atomic mass is 79.9. The highest BCUT2D eigenvalue weighted by Crippen LogP contribution is 2.26. The molecular formula is C17H22BrClO3. The van der Waals surface area contributed by atoms with Gasteiger partial charge < -0.3 is 9.47 Å². The Morgan fingerprint density at radius 1 is 1.32 bits per heavy atom. The van der Waals surface area contributed by atoms with Gasteiger partial charge in [-0.2, -0.15) is 0 Å². The Bertz CT molecular complexity index is 521. The fraction of sp³-hybridized carbons (Fsp3) is 0.588. The van der Waals surface area contributed by atoms with E-state index in [1.165, 1.54) is 0 Å². The third-order valence-electron chi connectivity index (χ3n) is 3.66. The summed E-state index contributed by atoms with van der Waals surface area (Å²) >= 11 is 9.27. The van der Waals surface area contributed by atoms with E-state index in [1.807, 2.05) is 0 Å². The zero-order chi connectivity index (χ0) is 16.2. The van der Waals surface area contributed by atoms with Gasteiger partial charge in [-0.3, -0.25) is 4.79 Å². The van der Waals surface area contributed by atoms with Crippen molar-refractivity contribution in [1.82, 2.24) is 0 Å². The van der Waals surface area contributed by atoms with E-state index in [-0.39, 0.29) is 17.5 Å². The van der Waals surface area contributed by atoms with Crippen molar-refractivity contribution in [3.63, 3.8) is 0 Å². The number of carbonyl (C=O) groups is 1. The first-order valence-corrected chi connectivity index (χ1v) is 8.76. The molecule has 1 aliphatic rings. The van der Waals surface area contributed by atoms with Crippen molar-refractivity contribution in [3.05, 3.63) is 33.3 Å². The van der Waals surface area contributed by atoms with E-state index in [2.05, 4.69) is 29.8 Å². The third kappa shape index (κ3) is 5.34. The number of ketones is 1. The molecule has 1 aliphatic heterocycles. The van der Waals surface area contributed by atoms with Crippen molar-refractivity contribution in [2.45, 2.75) is 45.8 Å². The van der Waals surface area contributed by atoms with Crippen molar-refractivity contribution in [3.8, 4) is 0 Å². The number of benzene rings is 1. The Labute approximate surface area is 145 Å². The molecule has 1 aromatic carbocycles. The lowest BCUT2D eigenvalue weighted by Gasteiger charge is -2.34. The molecule has 1 saturated heterocycles.